The number of aromatic nitrogens is 1. The van der Waals surface area contributed by atoms with Gasteiger partial charge < -0.3 is 19.8 Å². The molecule has 1 rings (SSSR count). The summed E-state index contributed by atoms with van der Waals surface area (Å²) in [6.07, 6.45) is 0. The normalized spacial score (nSPS) is 12.8. The van der Waals surface area contributed by atoms with Crippen LogP contribution >= 0.6 is 0 Å². The summed E-state index contributed by atoms with van der Waals surface area (Å²) in [6.45, 7) is 7.03. The third kappa shape index (κ3) is 3.30. The number of nitrogens with one attached hydrogen (secondary N) is 1. The van der Waals surface area contributed by atoms with Crippen molar-refractivity contribution >= 4 is 5.91 Å². The maximum Gasteiger partial charge on any atom is 0.273 e. The van der Waals surface area contributed by atoms with Crippen LogP contribution < -0.4 is 5.32 Å². The molecule has 2 N–H and O–H groups in total. The Morgan fingerprint density at radius 3 is 2.78 bits per heavy atom. The third-order valence-electron chi connectivity index (χ3n) is 3.19. The van der Waals surface area contributed by atoms with Crippen molar-refractivity contribution in [3.8, 4) is 0 Å². The number of hydrogen-bond donors (Lipinski definition) is 2. The Hall–Kier alpha value is -1.40. The highest BCUT2D eigenvalue weighted by Crippen LogP contribution is 2.12. The van der Waals surface area contributed by atoms with Crippen molar-refractivity contribution in [2.75, 3.05) is 20.1 Å². The average molecular weight is 255 g/mol. The van der Waals surface area contributed by atoms with Crippen LogP contribution in [0.5, 0.6) is 0 Å². The number of carbonyl (C=O) groups is 1. The van der Waals surface area contributed by atoms with Gasteiger partial charge in [0.25, 0.3) is 5.91 Å². The number of hydrogen-bond acceptors (Lipinski definition) is 5. The first-order valence-corrected chi connectivity index (χ1v) is 6.05. The fraction of sp³-hybridized carbons (Fsp3) is 0.667. The van der Waals surface area contributed by atoms with Crippen molar-refractivity contribution in [1.29, 1.82) is 0 Å². The van der Waals surface area contributed by atoms with Gasteiger partial charge in [-0.1, -0.05) is 12.1 Å². The smallest absolute Gasteiger partial charge is 0.273 e. The fourth-order valence-electron chi connectivity index (χ4n) is 1.52. The summed E-state index contributed by atoms with van der Waals surface area (Å²) in [5.74, 6) is 0.0613. The molecule has 0 bridgehead atoms. The van der Waals surface area contributed by atoms with Gasteiger partial charge in [-0.25, -0.2) is 0 Å². The minimum atomic E-state index is -0.271. The van der Waals surface area contributed by atoms with Crippen molar-refractivity contribution in [2.24, 2.45) is 0 Å². The van der Waals surface area contributed by atoms with E-state index in [1.807, 2.05) is 14.0 Å². The molecule has 1 amide bonds. The number of aliphatic hydroxyl groups is 1. The van der Waals surface area contributed by atoms with Crippen LogP contribution in [0.2, 0.25) is 0 Å². The minimum absolute atomic E-state index is 0.241. The Balaban J connectivity index is 2.58. The molecule has 6 nitrogen and oxygen atoms in total. The third-order valence-corrected chi connectivity index (χ3v) is 3.19. The van der Waals surface area contributed by atoms with Crippen LogP contribution in [-0.4, -0.2) is 47.2 Å². The Morgan fingerprint density at radius 2 is 2.28 bits per heavy atom. The van der Waals surface area contributed by atoms with Gasteiger partial charge in [0.15, 0.2) is 11.5 Å². The van der Waals surface area contributed by atoms with Gasteiger partial charge in [0.2, 0.25) is 0 Å². The Labute approximate surface area is 107 Å². The van der Waals surface area contributed by atoms with E-state index in [0.29, 0.717) is 17.9 Å². The van der Waals surface area contributed by atoms with Crippen molar-refractivity contribution in [2.45, 2.75) is 33.4 Å². The molecule has 0 aliphatic rings. The standard InChI is InChI=1S/C12H21N3O3/c1-5-15(4)8(2)6-13-12(17)11-9(3)10(7-16)18-14-11/h8,16H,5-7H2,1-4H3,(H,13,17). The topological polar surface area (TPSA) is 78.6 Å². The highest BCUT2D eigenvalue weighted by molar-refractivity contribution is 5.93. The lowest BCUT2D eigenvalue weighted by Gasteiger charge is -2.22. The van der Waals surface area contributed by atoms with E-state index in [9.17, 15) is 4.79 Å². The van der Waals surface area contributed by atoms with Crippen LogP contribution in [-0.2, 0) is 6.61 Å². The zero-order chi connectivity index (χ0) is 13.7. The molecule has 1 aromatic rings. The first kappa shape index (κ1) is 14.7. The van der Waals surface area contributed by atoms with Crippen LogP contribution in [0, 0.1) is 6.92 Å². The van der Waals surface area contributed by atoms with Gasteiger partial charge in [0.05, 0.1) is 0 Å². The van der Waals surface area contributed by atoms with Crippen molar-refractivity contribution in [3.05, 3.63) is 17.0 Å². The summed E-state index contributed by atoms with van der Waals surface area (Å²) in [7, 11) is 2.00. The summed E-state index contributed by atoms with van der Waals surface area (Å²) < 4.78 is 4.87. The van der Waals surface area contributed by atoms with E-state index in [2.05, 4.69) is 22.3 Å². The van der Waals surface area contributed by atoms with Gasteiger partial charge >= 0.3 is 0 Å². The predicted molar refractivity (Wildman–Crippen MR) is 67.3 cm³/mol. The monoisotopic (exact) mass is 255 g/mol. The van der Waals surface area contributed by atoms with Gasteiger partial charge in [-0.3, -0.25) is 4.79 Å². The van der Waals surface area contributed by atoms with Crippen molar-refractivity contribution < 1.29 is 14.4 Å². The molecule has 1 atom stereocenters. The number of carbonyl (C=O) groups excluding carboxylic acids is 1. The number of likely N-dealkylation sites (N-methyl/N-ethyl adjacent to an activating group) is 1. The van der Waals surface area contributed by atoms with Gasteiger partial charge in [-0.15, -0.1) is 0 Å². The molecule has 0 radical (unpaired) electrons. The van der Waals surface area contributed by atoms with Crippen molar-refractivity contribution in [1.82, 2.24) is 15.4 Å². The van der Waals surface area contributed by atoms with E-state index in [1.54, 1.807) is 6.92 Å². The van der Waals surface area contributed by atoms with Crippen LogP contribution in [0.15, 0.2) is 4.52 Å². The van der Waals surface area contributed by atoms with Gasteiger partial charge in [-0.2, -0.15) is 0 Å². The van der Waals surface area contributed by atoms with E-state index in [0.717, 1.165) is 6.54 Å². The summed E-state index contributed by atoms with van der Waals surface area (Å²) >= 11 is 0. The first-order chi connectivity index (χ1) is 8.51. The second-order valence-corrected chi connectivity index (χ2v) is 4.37. The quantitative estimate of drug-likeness (QED) is 0.776. The molecule has 0 aromatic carbocycles. The molecule has 0 fully saturated rings. The van der Waals surface area contributed by atoms with E-state index in [-0.39, 0.29) is 24.2 Å². The number of aliphatic hydroxyl groups excluding tert-OH is 1. The van der Waals surface area contributed by atoms with E-state index >= 15 is 0 Å². The summed E-state index contributed by atoms with van der Waals surface area (Å²) in [6, 6.07) is 0.253. The zero-order valence-corrected chi connectivity index (χ0v) is 11.4. The fourth-order valence-corrected chi connectivity index (χ4v) is 1.52. The molecule has 1 unspecified atom stereocenters. The molecule has 0 aliphatic carbocycles. The molecule has 0 spiro atoms. The highest BCUT2D eigenvalue weighted by atomic mass is 16.5. The van der Waals surface area contributed by atoms with E-state index in [4.69, 9.17) is 9.63 Å². The molecule has 18 heavy (non-hydrogen) atoms. The van der Waals surface area contributed by atoms with E-state index in [1.165, 1.54) is 0 Å². The van der Waals surface area contributed by atoms with Crippen LogP contribution in [0.3, 0.4) is 0 Å². The molecular weight excluding hydrogens is 234 g/mol. The van der Waals surface area contributed by atoms with E-state index < -0.39 is 0 Å². The Morgan fingerprint density at radius 1 is 1.61 bits per heavy atom. The molecule has 1 aromatic heterocycles. The number of amides is 1. The molecule has 1 heterocycles. The predicted octanol–water partition coefficient (Wildman–Crippen LogP) is 0.545. The maximum atomic E-state index is 11.9. The minimum Gasteiger partial charge on any atom is -0.388 e. The first-order valence-electron chi connectivity index (χ1n) is 6.05. The molecule has 6 heteroatoms. The molecule has 0 saturated heterocycles. The number of rotatable bonds is 6. The molecular formula is C12H21N3O3. The van der Waals surface area contributed by atoms with Crippen LogP contribution in [0.25, 0.3) is 0 Å². The maximum absolute atomic E-state index is 11.9. The lowest BCUT2D eigenvalue weighted by Crippen LogP contribution is -2.40. The van der Waals surface area contributed by atoms with Crippen molar-refractivity contribution in [3.63, 3.8) is 0 Å². The molecule has 102 valence electrons. The largest absolute Gasteiger partial charge is 0.388 e. The SMILES string of the molecule is CCN(C)C(C)CNC(=O)c1noc(CO)c1C. The number of nitrogens with zero attached hydrogens (tertiary/aromatic N) is 2. The second kappa shape index (κ2) is 6.51. The summed E-state index contributed by atoms with van der Waals surface area (Å²) in [4.78, 5) is 14.0. The summed E-state index contributed by atoms with van der Waals surface area (Å²) in [5, 5.41) is 15.4. The second-order valence-electron chi connectivity index (χ2n) is 4.37. The lowest BCUT2D eigenvalue weighted by atomic mass is 10.2. The van der Waals surface area contributed by atoms with Crippen LogP contribution in [0.1, 0.15) is 35.7 Å². The zero-order valence-electron chi connectivity index (χ0n) is 11.4. The molecule has 0 aliphatic heterocycles. The Bertz CT molecular complexity index is 403. The van der Waals surface area contributed by atoms with Gasteiger partial charge in [0, 0.05) is 18.2 Å². The Kier molecular flexibility index (Phi) is 5.30. The summed E-state index contributed by atoms with van der Waals surface area (Å²) in [5.41, 5.74) is 0.830. The van der Waals surface area contributed by atoms with Crippen LogP contribution in [0.4, 0.5) is 0 Å². The van der Waals surface area contributed by atoms with Gasteiger partial charge in [0.1, 0.15) is 6.61 Å². The highest BCUT2D eigenvalue weighted by Gasteiger charge is 2.18. The molecule has 0 saturated carbocycles. The van der Waals surface area contributed by atoms with Gasteiger partial charge in [-0.05, 0) is 27.4 Å². The lowest BCUT2D eigenvalue weighted by molar-refractivity contribution is 0.0931. The average Bonchev–Trinajstić information content (AvgIpc) is 2.75.